The lowest BCUT2D eigenvalue weighted by Crippen LogP contribution is -2.07. The highest BCUT2D eigenvalue weighted by Crippen LogP contribution is 2.24. The van der Waals surface area contributed by atoms with Gasteiger partial charge < -0.3 is 10.5 Å². The van der Waals surface area contributed by atoms with E-state index in [1.165, 1.54) is 0 Å². The van der Waals surface area contributed by atoms with Crippen LogP contribution in [0.1, 0.15) is 13.3 Å². The molecular weight excluding hydrogens is 198 g/mol. The molecule has 0 saturated heterocycles. The second-order valence-corrected chi connectivity index (χ2v) is 3.74. The number of benzene rings is 1. The molecule has 1 aliphatic carbocycles. The van der Waals surface area contributed by atoms with E-state index in [2.05, 4.69) is 6.08 Å². The van der Waals surface area contributed by atoms with Gasteiger partial charge in [0.15, 0.2) is 0 Å². The summed E-state index contributed by atoms with van der Waals surface area (Å²) in [5.74, 6) is 1.68. The molecule has 2 N–H and O–H groups in total. The molecule has 0 amide bonds. The fourth-order valence-corrected chi connectivity index (χ4v) is 1.61. The Morgan fingerprint density at radius 1 is 1.25 bits per heavy atom. The monoisotopic (exact) mass is 213 g/mol. The normalized spacial score (nSPS) is 17.9. The molecule has 1 aromatic rings. The van der Waals surface area contributed by atoms with E-state index < -0.39 is 0 Å². The van der Waals surface area contributed by atoms with E-state index in [4.69, 9.17) is 10.5 Å². The van der Waals surface area contributed by atoms with Gasteiger partial charge in [0.25, 0.3) is 0 Å². The number of hydrogen-bond donors (Lipinski definition) is 1. The molecular formula is C14H15NO. The standard InChI is InChI=1S/C14H15NO/c1-11(15)13-9-5-6-10-14(13)16-12-7-3-2-4-8-12/h2-8,10H,9,15H2,1H3/b13-11-. The van der Waals surface area contributed by atoms with Crippen LogP contribution in [0.5, 0.6) is 5.75 Å². The van der Waals surface area contributed by atoms with Crippen molar-refractivity contribution in [3.05, 3.63) is 65.6 Å². The van der Waals surface area contributed by atoms with Crippen LogP contribution in [0.15, 0.2) is 65.6 Å². The van der Waals surface area contributed by atoms with Crippen molar-refractivity contribution < 1.29 is 4.74 Å². The van der Waals surface area contributed by atoms with E-state index >= 15 is 0 Å². The molecule has 0 bridgehead atoms. The van der Waals surface area contributed by atoms with E-state index in [1.54, 1.807) is 0 Å². The predicted molar refractivity (Wildman–Crippen MR) is 65.8 cm³/mol. The van der Waals surface area contributed by atoms with Crippen molar-refractivity contribution in [2.75, 3.05) is 0 Å². The van der Waals surface area contributed by atoms with Gasteiger partial charge in [-0.1, -0.05) is 30.4 Å². The van der Waals surface area contributed by atoms with Crippen LogP contribution < -0.4 is 10.5 Å². The average molecular weight is 213 g/mol. The van der Waals surface area contributed by atoms with E-state index in [0.717, 1.165) is 29.2 Å². The van der Waals surface area contributed by atoms with Crippen molar-refractivity contribution in [3.63, 3.8) is 0 Å². The largest absolute Gasteiger partial charge is 0.457 e. The van der Waals surface area contributed by atoms with Crippen LogP contribution in [-0.4, -0.2) is 0 Å². The summed E-state index contributed by atoms with van der Waals surface area (Å²) in [5, 5.41) is 0. The highest BCUT2D eigenvalue weighted by atomic mass is 16.5. The van der Waals surface area contributed by atoms with Crippen LogP contribution >= 0.6 is 0 Å². The molecule has 2 nitrogen and oxygen atoms in total. The highest BCUT2D eigenvalue weighted by molar-refractivity contribution is 5.40. The lowest BCUT2D eigenvalue weighted by molar-refractivity contribution is 0.431. The zero-order chi connectivity index (χ0) is 11.4. The number of hydrogen-bond acceptors (Lipinski definition) is 2. The molecule has 0 radical (unpaired) electrons. The summed E-state index contributed by atoms with van der Waals surface area (Å²) in [5.41, 5.74) is 7.71. The predicted octanol–water partition coefficient (Wildman–Crippen LogP) is 3.14. The Morgan fingerprint density at radius 3 is 2.69 bits per heavy atom. The molecule has 2 rings (SSSR count). The smallest absolute Gasteiger partial charge is 0.132 e. The van der Waals surface area contributed by atoms with Gasteiger partial charge in [0, 0.05) is 11.3 Å². The van der Waals surface area contributed by atoms with Gasteiger partial charge in [-0.05, 0) is 31.6 Å². The molecule has 1 aromatic carbocycles. The van der Waals surface area contributed by atoms with Gasteiger partial charge in [0.1, 0.15) is 11.5 Å². The summed E-state index contributed by atoms with van der Waals surface area (Å²) in [7, 11) is 0. The zero-order valence-electron chi connectivity index (χ0n) is 9.31. The van der Waals surface area contributed by atoms with Crippen molar-refractivity contribution in [3.8, 4) is 5.75 Å². The summed E-state index contributed by atoms with van der Waals surface area (Å²) in [6.07, 6.45) is 6.84. The minimum Gasteiger partial charge on any atom is -0.457 e. The Morgan fingerprint density at radius 2 is 2.00 bits per heavy atom. The molecule has 0 fully saturated rings. The maximum atomic E-state index is 5.84. The SMILES string of the molecule is C/C(N)=C1\CC=CC=C1Oc1ccccc1. The van der Waals surface area contributed by atoms with Crippen molar-refractivity contribution in [1.29, 1.82) is 0 Å². The third-order valence-electron chi connectivity index (χ3n) is 2.45. The van der Waals surface area contributed by atoms with Crippen LogP contribution in [0.2, 0.25) is 0 Å². The van der Waals surface area contributed by atoms with Gasteiger partial charge in [-0.25, -0.2) is 0 Å². The molecule has 0 unspecified atom stereocenters. The first kappa shape index (κ1) is 10.6. The Labute approximate surface area is 95.7 Å². The van der Waals surface area contributed by atoms with Crippen molar-refractivity contribution in [2.45, 2.75) is 13.3 Å². The molecule has 0 atom stereocenters. The summed E-state index contributed by atoms with van der Waals surface area (Å²) in [4.78, 5) is 0. The molecule has 0 aromatic heterocycles. The number of rotatable bonds is 2. The van der Waals surface area contributed by atoms with Crippen LogP contribution in [0.4, 0.5) is 0 Å². The maximum absolute atomic E-state index is 5.84. The Bertz CT molecular complexity index is 451. The van der Waals surface area contributed by atoms with Gasteiger partial charge in [0.05, 0.1) is 0 Å². The summed E-state index contributed by atoms with van der Waals surface area (Å²) < 4.78 is 5.80. The fourth-order valence-electron chi connectivity index (χ4n) is 1.61. The third kappa shape index (κ3) is 2.34. The zero-order valence-corrected chi connectivity index (χ0v) is 9.31. The van der Waals surface area contributed by atoms with Crippen LogP contribution in [0.25, 0.3) is 0 Å². The lowest BCUT2D eigenvalue weighted by Gasteiger charge is -2.16. The van der Waals surface area contributed by atoms with Gasteiger partial charge in [-0.2, -0.15) is 0 Å². The van der Waals surface area contributed by atoms with Gasteiger partial charge in [-0.15, -0.1) is 0 Å². The van der Waals surface area contributed by atoms with Crippen LogP contribution in [0, 0.1) is 0 Å². The molecule has 0 saturated carbocycles. The summed E-state index contributed by atoms with van der Waals surface area (Å²) >= 11 is 0. The molecule has 0 spiro atoms. The highest BCUT2D eigenvalue weighted by Gasteiger charge is 2.11. The Balaban J connectivity index is 2.24. The first-order chi connectivity index (χ1) is 7.77. The number of nitrogens with two attached hydrogens (primary N) is 1. The minimum absolute atomic E-state index is 0.812. The van der Waals surface area contributed by atoms with E-state index in [9.17, 15) is 0 Å². The van der Waals surface area contributed by atoms with Crippen molar-refractivity contribution in [2.24, 2.45) is 5.73 Å². The summed E-state index contributed by atoms with van der Waals surface area (Å²) in [6, 6.07) is 9.73. The second kappa shape index (κ2) is 4.71. The van der Waals surface area contributed by atoms with Gasteiger partial charge >= 0.3 is 0 Å². The maximum Gasteiger partial charge on any atom is 0.132 e. The second-order valence-electron chi connectivity index (χ2n) is 3.74. The topological polar surface area (TPSA) is 35.2 Å². The first-order valence-corrected chi connectivity index (χ1v) is 5.32. The van der Waals surface area contributed by atoms with Gasteiger partial charge in [0.2, 0.25) is 0 Å². The lowest BCUT2D eigenvalue weighted by atomic mass is 10.0. The molecule has 2 heteroatoms. The van der Waals surface area contributed by atoms with E-state index in [0.29, 0.717) is 0 Å². The van der Waals surface area contributed by atoms with Crippen molar-refractivity contribution >= 4 is 0 Å². The Hall–Kier alpha value is -1.96. The molecule has 16 heavy (non-hydrogen) atoms. The molecule has 0 aliphatic heterocycles. The van der Waals surface area contributed by atoms with Crippen LogP contribution in [-0.2, 0) is 0 Å². The average Bonchev–Trinajstić information content (AvgIpc) is 2.31. The third-order valence-corrected chi connectivity index (χ3v) is 2.45. The molecule has 0 heterocycles. The summed E-state index contributed by atoms with van der Waals surface area (Å²) in [6.45, 7) is 1.90. The Kier molecular flexibility index (Phi) is 3.10. The number of allylic oxidation sites excluding steroid dienone is 5. The fraction of sp³-hybridized carbons (Fsp3) is 0.143. The first-order valence-electron chi connectivity index (χ1n) is 5.32. The van der Waals surface area contributed by atoms with Gasteiger partial charge in [-0.3, -0.25) is 0 Å². The van der Waals surface area contributed by atoms with E-state index in [-0.39, 0.29) is 0 Å². The minimum atomic E-state index is 0.812. The van der Waals surface area contributed by atoms with E-state index in [1.807, 2.05) is 49.4 Å². The molecule has 82 valence electrons. The number of ether oxygens (including phenoxy) is 1. The quantitative estimate of drug-likeness (QED) is 0.819. The molecule has 1 aliphatic rings. The van der Waals surface area contributed by atoms with Crippen molar-refractivity contribution in [1.82, 2.24) is 0 Å². The number of para-hydroxylation sites is 1. The van der Waals surface area contributed by atoms with Crippen LogP contribution in [0.3, 0.4) is 0 Å².